The molecule has 2 aliphatic rings. The molecule has 0 saturated carbocycles. The molecule has 0 heterocycles. The van der Waals surface area contributed by atoms with Crippen LogP contribution < -0.4 is 0 Å². The molecule has 0 aromatic heterocycles. The maximum Gasteiger partial charge on any atom is 0.0366 e. The Morgan fingerprint density at radius 3 is 1.67 bits per heavy atom. The highest BCUT2D eigenvalue weighted by Crippen LogP contribution is 2.73. The zero-order valence-corrected chi connectivity index (χ0v) is 11.2. The Morgan fingerprint density at radius 2 is 1.22 bits per heavy atom. The van der Waals surface area contributed by atoms with Crippen LogP contribution >= 0.6 is 0 Å². The zero-order valence-electron chi connectivity index (χ0n) is 11.2. The largest absolute Gasteiger partial charge is 0.0620 e. The summed E-state index contributed by atoms with van der Waals surface area (Å²) >= 11 is 0. The molecule has 2 aromatic rings. The molecule has 2 aromatic carbocycles. The number of hydrogen-bond donors (Lipinski definition) is 0. The molecular weight excluding hydrogens is 216 g/mol. The topological polar surface area (TPSA) is 0 Å². The summed E-state index contributed by atoms with van der Waals surface area (Å²) in [7, 11) is 0. The van der Waals surface area contributed by atoms with Crippen molar-refractivity contribution in [3.05, 3.63) is 70.8 Å². The lowest BCUT2D eigenvalue weighted by Gasteiger charge is -2.66. The van der Waals surface area contributed by atoms with Gasteiger partial charge >= 0.3 is 0 Å². The number of rotatable bonds is 0. The smallest absolute Gasteiger partial charge is 0.0366 e. The Balaban J connectivity index is 2.05. The van der Waals surface area contributed by atoms with Gasteiger partial charge in [0.2, 0.25) is 0 Å². The molecule has 0 aliphatic heterocycles. The molecule has 0 fully saturated rings. The van der Waals surface area contributed by atoms with Gasteiger partial charge in [0, 0.05) is 11.3 Å². The van der Waals surface area contributed by atoms with Gasteiger partial charge in [-0.2, -0.15) is 0 Å². The molecule has 0 saturated heterocycles. The summed E-state index contributed by atoms with van der Waals surface area (Å²) < 4.78 is 0. The van der Waals surface area contributed by atoms with Crippen molar-refractivity contribution in [2.24, 2.45) is 5.41 Å². The van der Waals surface area contributed by atoms with Gasteiger partial charge in [0.05, 0.1) is 0 Å². The second kappa shape index (κ2) is 2.88. The molecule has 0 heteroatoms. The molecule has 0 nitrogen and oxygen atoms in total. The van der Waals surface area contributed by atoms with Gasteiger partial charge in [-0.25, -0.2) is 0 Å². The molecule has 4 rings (SSSR count). The summed E-state index contributed by atoms with van der Waals surface area (Å²) in [6, 6.07) is 18.0. The number of hydrogen-bond acceptors (Lipinski definition) is 0. The minimum atomic E-state index is 0.264. The molecular formula is C18H18. The van der Waals surface area contributed by atoms with E-state index in [1.165, 1.54) is 0 Å². The minimum Gasteiger partial charge on any atom is -0.0620 e. The Bertz CT molecular complexity index is 596. The summed E-state index contributed by atoms with van der Waals surface area (Å²) in [5.41, 5.74) is 6.75. The van der Waals surface area contributed by atoms with E-state index in [-0.39, 0.29) is 10.8 Å². The van der Waals surface area contributed by atoms with Gasteiger partial charge in [-0.3, -0.25) is 0 Å². The Hall–Kier alpha value is -1.56. The van der Waals surface area contributed by atoms with Crippen LogP contribution in [0.5, 0.6) is 0 Å². The second-order valence-electron chi connectivity index (χ2n) is 6.67. The first-order chi connectivity index (χ1) is 8.58. The first-order valence-electron chi connectivity index (χ1n) is 6.77. The molecule has 0 unspecified atom stereocenters. The summed E-state index contributed by atoms with van der Waals surface area (Å²) in [4.78, 5) is 0. The lowest BCUT2D eigenvalue weighted by molar-refractivity contribution is 0.138. The van der Waals surface area contributed by atoms with Gasteiger partial charge in [0.1, 0.15) is 0 Å². The molecule has 18 heavy (non-hydrogen) atoms. The van der Waals surface area contributed by atoms with E-state index in [1.54, 1.807) is 22.3 Å². The van der Waals surface area contributed by atoms with Crippen LogP contribution in [0.15, 0.2) is 48.5 Å². The summed E-state index contributed by atoms with van der Waals surface area (Å²) in [5.74, 6) is 0.630. The molecule has 0 bridgehead atoms. The molecule has 0 radical (unpaired) electrons. The predicted octanol–water partition coefficient (Wildman–Crippen LogP) is 4.48. The van der Waals surface area contributed by atoms with E-state index in [4.69, 9.17) is 0 Å². The van der Waals surface area contributed by atoms with E-state index >= 15 is 0 Å². The van der Waals surface area contributed by atoms with Crippen LogP contribution in [0.4, 0.5) is 0 Å². The minimum absolute atomic E-state index is 0.264. The fraction of sp³-hybridized carbons (Fsp3) is 0.333. The highest BCUT2D eigenvalue weighted by molar-refractivity contribution is 5.73. The van der Waals surface area contributed by atoms with Crippen molar-refractivity contribution in [2.75, 3.05) is 0 Å². The van der Waals surface area contributed by atoms with Crippen molar-refractivity contribution in [2.45, 2.75) is 32.1 Å². The summed E-state index contributed by atoms with van der Waals surface area (Å²) in [6.07, 6.45) is 0. The van der Waals surface area contributed by atoms with Crippen molar-refractivity contribution in [3.8, 4) is 0 Å². The maximum absolute atomic E-state index is 2.38. The molecule has 0 spiro atoms. The highest BCUT2D eigenvalue weighted by Gasteiger charge is 2.66. The van der Waals surface area contributed by atoms with Crippen molar-refractivity contribution in [1.29, 1.82) is 0 Å². The van der Waals surface area contributed by atoms with Gasteiger partial charge in [-0.05, 0) is 27.7 Å². The maximum atomic E-state index is 2.38. The van der Waals surface area contributed by atoms with Crippen LogP contribution in [0.3, 0.4) is 0 Å². The van der Waals surface area contributed by atoms with Gasteiger partial charge in [0.25, 0.3) is 0 Å². The molecule has 90 valence electrons. The Kier molecular flexibility index (Phi) is 1.66. The summed E-state index contributed by atoms with van der Waals surface area (Å²) in [6.45, 7) is 7.14. The molecule has 2 aliphatic carbocycles. The van der Waals surface area contributed by atoms with Crippen molar-refractivity contribution in [3.63, 3.8) is 0 Å². The fourth-order valence-corrected chi connectivity index (χ4v) is 4.39. The standard InChI is InChI=1S/C18H18/c1-17(2,3)18-14-10-6-4-8-12(14)16(18)13-9-5-7-11-15(13)18/h4-11,16H,1-3H3. The predicted molar refractivity (Wildman–Crippen MR) is 75.0 cm³/mol. The normalized spacial score (nSPS) is 27.4. The number of benzene rings is 2. The SMILES string of the molecule is CC(C)(C)C12c3ccccc3C1c1ccccc12. The van der Waals surface area contributed by atoms with Crippen LogP contribution in [0.25, 0.3) is 0 Å². The highest BCUT2D eigenvalue weighted by atomic mass is 14.7. The van der Waals surface area contributed by atoms with E-state index in [0.717, 1.165) is 0 Å². The van der Waals surface area contributed by atoms with Crippen LogP contribution in [0, 0.1) is 5.41 Å². The average molecular weight is 234 g/mol. The van der Waals surface area contributed by atoms with E-state index in [0.29, 0.717) is 5.92 Å². The van der Waals surface area contributed by atoms with E-state index in [2.05, 4.69) is 69.3 Å². The van der Waals surface area contributed by atoms with E-state index in [1.807, 2.05) is 0 Å². The van der Waals surface area contributed by atoms with Crippen LogP contribution in [0.2, 0.25) is 0 Å². The van der Waals surface area contributed by atoms with Crippen molar-refractivity contribution >= 4 is 0 Å². The third kappa shape index (κ3) is 0.849. The molecule has 0 N–H and O–H groups in total. The first-order valence-corrected chi connectivity index (χ1v) is 6.77. The van der Waals surface area contributed by atoms with E-state index < -0.39 is 0 Å². The Labute approximate surface area is 109 Å². The first kappa shape index (κ1) is 10.4. The lowest BCUT2D eigenvalue weighted by Crippen LogP contribution is -2.60. The van der Waals surface area contributed by atoms with Crippen molar-refractivity contribution in [1.82, 2.24) is 0 Å². The van der Waals surface area contributed by atoms with E-state index in [9.17, 15) is 0 Å². The van der Waals surface area contributed by atoms with Crippen LogP contribution in [0.1, 0.15) is 48.9 Å². The fourth-order valence-electron chi connectivity index (χ4n) is 4.39. The van der Waals surface area contributed by atoms with Gasteiger partial charge < -0.3 is 0 Å². The van der Waals surface area contributed by atoms with Gasteiger partial charge in [-0.15, -0.1) is 0 Å². The quantitative estimate of drug-likeness (QED) is 0.630. The number of fused-ring (bicyclic) bond motifs is 7. The lowest BCUT2D eigenvalue weighted by atomic mass is 9.36. The van der Waals surface area contributed by atoms with Crippen LogP contribution in [-0.4, -0.2) is 0 Å². The zero-order chi connectivity index (χ0) is 12.5. The van der Waals surface area contributed by atoms with Crippen molar-refractivity contribution < 1.29 is 0 Å². The Morgan fingerprint density at radius 1 is 0.778 bits per heavy atom. The van der Waals surface area contributed by atoms with Gasteiger partial charge in [0.15, 0.2) is 0 Å². The van der Waals surface area contributed by atoms with Crippen LogP contribution in [-0.2, 0) is 5.41 Å². The monoisotopic (exact) mass is 234 g/mol. The molecule has 0 atom stereocenters. The second-order valence-corrected chi connectivity index (χ2v) is 6.67. The molecule has 0 amide bonds. The third-order valence-corrected chi connectivity index (χ3v) is 5.01. The average Bonchev–Trinajstić information content (AvgIpc) is 2.27. The third-order valence-electron chi connectivity index (χ3n) is 5.01. The van der Waals surface area contributed by atoms with Gasteiger partial charge in [-0.1, -0.05) is 69.3 Å². The summed E-state index contributed by atoms with van der Waals surface area (Å²) in [5, 5.41) is 0.